The number of imidazole rings is 1. The highest BCUT2D eigenvalue weighted by Crippen LogP contribution is 2.36. The average Bonchev–Trinajstić information content (AvgIpc) is 3.28. The van der Waals surface area contributed by atoms with Crippen molar-refractivity contribution in [3.63, 3.8) is 0 Å². The molecule has 0 bridgehead atoms. The maximum Gasteiger partial charge on any atom is 0.234 e. The zero-order valence-corrected chi connectivity index (χ0v) is 22.3. The molecular weight excluding hydrogens is 524 g/mol. The molecule has 2 aromatic heterocycles. The Kier molecular flexibility index (Phi) is 7.40. The van der Waals surface area contributed by atoms with Crippen molar-refractivity contribution in [2.24, 2.45) is 10.9 Å². The zero-order chi connectivity index (χ0) is 27.6. The number of phenolic OH excluding ortho intramolecular Hbond substituents is 1. The van der Waals surface area contributed by atoms with Gasteiger partial charge in [-0.15, -0.1) is 0 Å². The SMILES string of the molecule is CCOC1=NC(c2nc3ncc(NS(=O)(=O)CC4CCC(O)CC4)nc3n2-c2c(O)cccc2OC)=C=C=C1. The standard InChI is InChI=1S/C26H28N6O6S/c1-3-38-22-9-4-6-18(28-22)25-30-24-26(32(25)23-19(34)7-5-8-20(23)37-2)29-21(14-27-24)31-39(35,36)15-16-10-12-17(33)13-11-16/h5,7-9,14,16-17,33-34H,3,10-13,15H2,1-2H3,(H,29,31). The van der Waals surface area contributed by atoms with E-state index in [4.69, 9.17) is 9.47 Å². The molecule has 1 saturated carbocycles. The van der Waals surface area contributed by atoms with Crippen LogP contribution in [0.2, 0.25) is 0 Å². The van der Waals surface area contributed by atoms with Crippen LogP contribution in [0.3, 0.4) is 0 Å². The summed E-state index contributed by atoms with van der Waals surface area (Å²) in [5, 5.41) is 20.6. The van der Waals surface area contributed by atoms with E-state index in [1.807, 2.05) is 6.92 Å². The number of anilines is 1. The first-order valence-electron chi connectivity index (χ1n) is 12.5. The Morgan fingerprint density at radius 3 is 2.74 bits per heavy atom. The highest BCUT2D eigenvalue weighted by Gasteiger charge is 2.27. The quantitative estimate of drug-likeness (QED) is 0.357. The summed E-state index contributed by atoms with van der Waals surface area (Å²) >= 11 is 0. The van der Waals surface area contributed by atoms with E-state index >= 15 is 0 Å². The Labute approximate surface area is 225 Å². The predicted molar refractivity (Wildman–Crippen MR) is 144 cm³/mol. The highest BCUT2D eigenvalue weighted by molar-refractivity contribution is 7.92. The molecule has 0 atom stereocenters. The van der Waals surface area contributed by atoms with E-state index in [2.05, 4.69) is 36.1 Å². The Morgan fingerprint density at radius 2 is 2.00 bits per heavy atom. The Hall–Kier alpha value is -4.15. The molecule has 3 aromatic rings. The van der Waals surface area contributed by atoms with Gasteiger partial charge in [0, 0.05) is 0 Å². The van der Waals surface area contributed by atoms with Crippen LogP contribution in [-0.4, -0.2) is 69.6 Å². The van der Waals surface area contributed by atoms with Crippen LogP contribution >= 0.6 is 0 Å². The first kappa shape index (κ1) is 26.5. The highest BCUT2D eigenvalue weighted by atomic mass is 32.2. The topological polar surface area (TPSA) is 161 Å². The number of hydrogen-bond donors (Lipinski definition) is 3. The van der Waals surface area contributed by atoms with Crippen LogP contribution in [-0.2, 0) is 14.8 Å². The van der Waals surface area contributed by atoms with Gasteiger partial charge in [-0.25, -0.2) is 28.4 Å². The molecule has 1 aromatic carbocycles. The van der Waals surface area contributed by atoms with Crippen molar-refractivity contribution >= 4 is 38.7 Å². The van der Waals surface area contributed by atoms with E-state index in [1.54, 1.807) is 12.1 Å². The molecule has 1 aliphatic carbocycles. The van der Waals surface area contributed by atoms with Crippen molar-refractivity contribution in [3.05, 3.63) is 47.8 Å². The second kappa shape index (κ2) is 10.9. The maximum atomic E-state index is 13.0. The predicted octanol–water partition coefficient (Wildman–Crippen LogP) is 2.92. The summed E-state index contributed by atoms with van der Waals surface area (Å²) in [6.07, 6.45) is 4.90. The molecule has 0 radical (unpaired) electrons. The number of ether oxygens (including phenoxy) is 2. The fourth-order valence-electron chi connectivity index (χ4n) is 4.66. The smallest absolute Gasteiger partial charge is 0.234 e. The lowest BCUT2D eigenvalue weighted by atomic mass is 9.89. The van der Waals surface area contributed by atoms with Gasteiger partial charge in [-0.3, -0.25) is 9.29 Å². The number of phenols is 1. The first-order chi connectivity index (χ1) is 18.8. The number of aliphatic hydroxyl groups is 1. The lowest BCUT2D eigenvalue weighted by molar-refractivity contribution is 0.113. The van der Waals surface area contributed by atoms with Gasteiger partial charge in [0.15, 0.2) is 28.6 Å². The van der Waals surface area contributed by atoms with Crippen LogP contribution in [0.15, 0.2) is 46.9 Å². The second-order valence-electron chi connectivity index (χ2n) is 9.20. The van der Waals surface area contributed by atoms with Crippen molar-refractivity contribution in [2.45, 2.75) is 38.7 Å². The number of benzene rings is 1. The fourth-order valence-corrected chi connectivity index (χ4v) is 6.11. The molecule has 3 heterocycles. The van der Waals surface area contributed by atoms with Gasteiger partial charge in [0.05, 0.1) is 37.8 Å². The van der Waals surface area contributed by atoms with Crippen LogP contribution in [0, 0.1) is 5.92 Å². The van der Waals surface area contributed by atoms with Gasteiger partial charge in [-0.05, 0) is 56.4 Å². The minimum atomic E-state index is -3.75. The van der Waals surface area contributed by atoms with Gasteiger partial charge >= 0.3 is 0 Å². The molecule has 13 heteroatoms. The summed E-state index contributed by atoms with van der Waals surface area (Å²) in [5.41, 5.74) is 6.55. The molecule has 0 unspecified atom stereocenters. The third-order valence-electron chi connectivity index (χ3n) is 6.44. The van der Waals surface area contributed by atoms with Gasteiger partial charge in [-0.2, -0.15) is 0 Å². The van der Waals surface area contributed by atoms with Gasteiger partial charge in [-0.1, -0.05) is 11.8 Å². The molecule has 1 aliphatic heterocycles. The van der Waals surface area contributed by atoms with Crippen molar-refractivity contribution in [3.8, 4) is 17.2 Å². The van der Waals surface area contributed by atoms with Gasteiger partial charge in [0.25, 0.3) is 0 Å². The second-order valence-corrected chi connectivity index (χ2v) is 11.0. The van der Waals surface area contributed by atoms with Crippen LogP contribution in [0.25, 0.3) is 22.7 Å². The molecule has 5 rings (SSSR count). The lowest BCUT2D eigenvalue weighted by Gasteiger charge is -2.25. The maximum absolute atomic E-state index is 13.0. The molecule has 39 heavy (non-hydrogen) atoms. The van der Waals surface area contributed by atoms with E-state index in [9.17, 15) is 18.6 Å². The summed E-state index contributed by atoms with van der Waals surface area (Å²) < 4.78 is 40.9. The van der Waals surface area contributed by atoms with Crippen LogP contribution in [0.5, 0.6) is 11.5 Å². The summed E-state index contributed by atoms with van der Waals surface area (Å²) in [7, 11) is -2.30. The Morgan fingerprint density at radius 1 is 1.21 bits per heavy atom. The molecular formula is C26H28N6O6S. The molecule has 1 fully saturated rings. The van der Waals surface area contributed by atoms with Crippen LogP contribution in [0.4, 0.5) is 5.82 Å². The molecule has 2 aliphatic rings. The number of methoxy groups -OCH3 is 1. The Bertz CT molecular complexity index is 1640. The molecule has 0 saturated heterocycles. The molecule has 0 spiro atoms. The average molecular weight is 553 g/mol. The van der Waals surface area contributed by atoms with Crippen LogP contribution in [0.1, 0.15) is 38.4 Å². The number of rotatable bonds is 8. The third kappa shape index (κ3) is 5.67. The number of hydrogen-bond acceptors (Lipinski definition) is 10. The molecule has 204 valence electrons. The van der Waals surface area contributed by atoms with Gasteiger partial charge in [0.1, 0.15) is 17.2 Å². The van der Waals surface area contributed by atoms with Crippen molar-refractivity contribution in [2.75, 3.05) is 24.2 Å². The van der Waals surface area contributed by atoms with E-state index in [-0.39, 0.29) is 57.8 Å². The van der Waals surface area contributed by atoms with Gasteiger partial charge in [0.2, 0.25) is 15.9 Å². The molecule has 12 nitrogen and oxygen atoms in total. The van der Waals surface area contributed by atoms with E-state index < -0.39 is 10.0 Å². The van der Waals surface area contributed by atoms with E-state index in [1.165, 1.54) is 30.0 Å². The normalized spacial score (nSPS) is 19.1. The van der Waals surface area contributed by atoms with Crippen molar-refractivity contribution in [1.82, 2.24) is 19.5 Å². The first-order valence-corrected chi connectivity index (χ1v) is 14.2. The monoisotopic (exact) mass is 552 g/mol. The third-order valence-corrected chi connectivity index (χ3v) is 7.87. The number of para-hydroxylation sites is 1. The lowest BCUT2D eigenvalue weighted by Crippen LogP contribution is -2.27. The van der Waals surface area contributed by atoms with E-state index in [0.29, 0.717) is 43.9 Å². The summed E-state index contributed by atoms with van der Waals surface area (Å²) in [6, 6.07) is 4.76. The Balaban J connectivity index is 1.60. The fraction of sp³-hybridized carbons (Fsp3) is 0.385. The summed E-state index contributed by atoms with van der Waals surface area (Å²) in [5.74, 6) is 0.547. The number of sulfonamides is 1. The van der Waals surface area contributed by atoms with Crippen molar-refractivity contribution in [1.29, 1.82) is 0 Å². The number of nitrogens with one attached hydrogen (secondary N) is 1. The van der Waals surface area contributed by atoms with Crippen LogP contribution < -0.4 is 9.46 Å². The minimum absolute atomic E-state index is 0.00741. The number of aromatic nitrogens is 4. The summed E-state index contributed by atoms with van der Waals surface area (Å²) in [6.45, 7) is 2.22. The number of nitrogens with zero attached hydrogens (tertiary/aromatic N) is 5. The minimum Gasteiger partial charge on any atom is -0.506 e. The summed E-state index contributed by atoms with van der Waals surface area (Å²) in [4.78, 5) is 17.9. The van der Waals surface area contributed by atoms with Crippen molar-refractivity contribution < 1.29 is 28.1 Å². The number of fused-ring (bicyclic) bond motifs is 1. The van der Waals surface area contributed by atoms with E-state index in [0.717, 1.165) is 0 Å². The molecule has 3 N–H and O–H groups in total. The van der Waals surface area contributed by atoms with Gasteiger partial charge < -0.3 is 19.7 Å². The molecule has 0 amide bonds. The number of aliphatic hydroxyl groups excluding tert-OH is 1. The largest absolute Gasteiger partial charge is 0.506 e. The zero-order valence-electron chi connectivity index (χ0n) is 21.5. The number of aliphatic imine (C=N–C) groups is 1. The number of aromatic hydroxyl groups is 1.